The second kappa shape index (κ2) is 9.08. The van der Waals surface area contributed by atoms with E-state index in [4.69, 9.17) is 21.1 Å². The number of ketones is 1. The Bertz CT molecular complexity index is 1180. The number of benzene rings is 2. The zero-order chi connectivity index (χ0) is 22.9. The van der Waals surface area contributed by atoms with Gasteiger partial charge in [0.1, 0.15) is 18.1 Å². The zero-order valence-corrected chi connectivity index (χ0v) is 19.9. The van der Waals surface area contributed by atoms with E-state index in [0.717, 1.165) is 33.1 Å². The summed E-state index contributed by atoms with van der Waals surface area (Å²) in [6.45, 7) is 6.48. The topological polar surface area (TPSA) is 52.6 Å². The van der Waals surface area contributed by atoms with Gasteiger partial charge < -0.3 is 9.47 Å². The minimum absolute atomic E-state index is 0.00428. The van der Waals surface area contributed by atoms with Crippen LogP contribution >= 0.6 is 22.9 Å². The number of ether oxygens (including phenoxy) is 2. The summed E-state index contributed by atoms with van der Waals surface area (Å²) < 4.78 is 11.6. The summed E-state index contributed by atoms with van der Waals surface area (Å²) in [5.41, 5.74) is 2.33. The van der Waals surface area contributed by atoms with Crippen LogP contribution < -0.4 is 9.47 Å². The summed E-state index contributed by atoms with van der Waals surface area (Å²) in [7, 11) is 0. The van der Waals surface area contributed by atoms with E-state index in [2.05, 4.69) is 13.8 Å². The Morgan fingerprint density at radius 3 is 2.47 bits per heavy atom. The Morgan fingerprint density at radius 2 is 1.75 bits per heavy atom. The van der Waals surface area contributed by atoms with E-state index in [1.807, 2.05) is 31.2 Å². The molecule has 1 aliphatic carbocycles. The molecule has 0 amide bonds. The molecule has 0 fully saturated rings. The second-order valence-corrected chi connectivity index (χ2v) is 10.5. The number of carbonyl (C=O) groups excluding carboxylic acids is 2. The van der Waals surface area contributed by atoms with Crippen molar-refractivity contribution >= 4 is 34.7 Å². The van der Waals surface area contributed by atoms with Crippen molar-refractivity contribution in [3.8, 4) is 11.5 Å². The predicted molar refractivity (Wildman–Crippen MR) is 127 cm³/mol. The van der Waals surface area contributed by atoms with Gasteiger partial charge in [0.2, 0.25) is 0 Å². The van der Waals surface area contributed by atoms with Crippen molar-refractivity contribution in [2.24, 2.45) is 5.41 Å². The van der Waals surface area contributed by atoms with Crippen LogP contribution in [0, 0.1) is 12.3 Å². The smallest absolute Gasteiger partial charge is 0.315 e. The fourth-order valence-corrected chi connectivity index (χ4v) is 5.72. The maximum atomic E-state index is 13.1. The van der Waals surface area contributed by atoms with Crippen LogP contribution in [0.2, 0.25) is 5.02 Å². The summed E-state index contributed by atoms with van der Waals surface area (Å²) in [4.78, 5) is 27.8. The molecule has 4 nitrogen and oxygen atoms in total. The average molecular weight is 469 g/mol. The predicted octanol–water partition coefficient (Wildman–Crippen LogP) is 6.59. The van der Waals surface area contributed by atoms with E-state index in [1.165, 1.54) is 0 Å². The zero-order valence-electron chi connectivity index (χ0n) is 18.4. The second-order valence-electron chi connectivity index (χ2n) is 8.88. The van der Waals surface area contributed by atoms with Gasteiger partial charge in [-0.2, -0.15) is 0 Å². The molecule has 0 radical (unpaired) electrons. The minimum atomic E-state index is -0.450. The Labute approximate surface area is 197 Å². The number of thiophene rings is 1. The fraction of sp³-hybridized carbons (Fsp3) is 0.308. The third-order valence-corrected chi connectivity index (χ3v) is 7.07. The van der Waals surface area contributed by atoms with Gasteiger partial charge in [-0.3, -0.25) is 9.59 Å². The van der Waals surface area contributed by atoms with Crippen molar-refractivity contribution in [3.05, 3.63) is 80.0 Å². The lowest BCUT2D eigenvalue weighted by molar-refractivity contribution is -0.133. The number of hydrogen-bond donors (Lipinski definition) is 0. The molecule has 0 N–H and O–H groups in total. The molecular weight excluding hydrogens is 444 g/mol. The molecule has 6 heteroatoms. The Kier molecular flexibility index (Phi) is 6.40. The van der Waals surface area contributed by atoms with E-state index in [1.54, 1.807) is 35.6 Å². The van der Waals surface area contributed by atoms with E-state index in [0.29, 0.717) is 29.4 Å². The SMILES string of the molecule is Cc1ccccc1OCc1sc2c(c1CC(=O)Oc1ccccc1Cl)C(=O)CC(C)(C)C2. The van der Waals surface area contributed by atoms with E-state index < -0.39 is 5.97 Å². The highest BCUT2D eigenvalue weighted by Gasteiger charge is 2.36. The van der Waals surface area contributed by atoms with Crippen molar-refractivity contribution in [1.82, 2.24) is 0 Å². The monoisotopic (exact) mass is 468 g/mol. The number of rotatable bonds is 6. The Balaban J connectivity index is 1.63. The van der Waals surface area contributed by atoms with Gasteiger partial charge in [0.05, 0.1) is 11.4 Å². The first-order chi connectivity index (χ1) is 15.2. The molecule has 1 aliphatic rings. The number of carbonyl (C=O) groups is 2. The molecule has 0 saturated carbocycles. The number of Topliss-reactive ketones (excluding diaryl/α,β-unsaturated/α-hetero) is 1. The molecule has 4 rings (SSSR count). The van der Waals surface area contributed by atoms with Crippen LogP contribution in [0.5, 0.6) is 11.5 Å². The first kappa shape index (κ1) is 22.6. The largest absolute Gasteiger partial charge is 0.488 e. The van der Waals surface area contributed by atoms with Gasteiger partial charge in [-0.05, 0) is 48.1 Å². The van der Waals surface area contributed by atoms with Crippen molar-refractivity contribution in [3.63, 3.8) is 0 Å². The molecule has 0 unspecified atom stereocenters. The van der Waals surface area contributed by atoms with E-state index >= 15 is 0 Å². The highest BCUT2D eigenvalue weighted by atomic mass is 35.5. The average Bonchev–Trinajstić information content (AvgIpc) is 3.05. The summed E-state index contributed by atoms with van der Waals surface area (Å²) in [6, 6.07) is 14.6. The molecule has 166 valence electrons. The number of fused-ring (bicyclic) bond motifs is 1. The highest BCUT2D eigenvalue weighted by Crippen LogP contribution is 2.42. The van der Waals surface area contributed by atoms with Gasteiger partial charge in [-0.25, -0.2) is 0 Å². The van der Waals surface area contributed by atoms with Gasteiger partial charge in [0.25, 0.3) is 0 Å². The first-order valence-corrected chi connectivity index (χ1v) is 11.7. The van der Waals surface area contributed by atoms with Crippen molar-refractivity contribution in [2.75, 3.05) is 0 Å². The van der Waals surface area contributed by atoms with Crippen molar-refractivity contribution in [1.29, 1.82) is 0 Å². The molecule has 1 aromatic heterocycles. The van der Waals surface area contributed by atoms with Gasteiger partial charge in [0, 0.05) is 21.7 Å². The molecule has 0 saturated heterocycles. The molecule has 0 bridgehead atoms. The first-order valence-electron chi connectivity index (χ1n) is 10.5. The standard InChI is InChI=1S/C26H25ClO4S/c1-16-8-4-6-10-20(16)30-15-23-17(12-24(29)31-21-11-7-5-9-18(21)27)25-19(28)13-26(2,3)14-22(25)32-23/h4-11H,12-15H2,1-3H3. The summed E-state index contributed by atoms with van der Waals surface area (Å²) in [6.07, 6.45) is 1.26. The number of esters is 1. The van der Waals surface area contributed by atoms with Crippen LogP contribution in [0.4, 0.5) is 0 Å². The summed E-state index contributed by atoms with van der Waals surface area (Å²) >= 11 is 7.70. The lowest BCUT2D eigenvalue weighted by Crippen LogP contribution is -2.27. The highest BCUT2D eigenvalue weighted by molar-refractivity contribution is 7.12. The normalized spacial score (nSPS) is 14.7. The summed E-state index contributed by atoms with van der Waals surface area (Å²) in [5, 5.41) is 0.370. The lowest BCUT2D eigenvalue weighted by Gasteiger charge is -2.28. The number of halogens is 1. The van der Waals surface area contributed by atoms with Gasteiger partial charge in [-0.1, -0.05) is 55.8 Å². The third-order valence-electron chi connectivity index (χ3n) is 5.55. The molecule has 0 aliphatic heterocycles. The van der Waals surface area contributed by atoms with Crippen LogP contribution in [0.1, 0.15) is 51.5 Å². The third kappa shape index (κ3) is 4.89. The molecule has 2 aromatic carbocycles. The van der Waals surface area contributed by atoms with E-state index in [-0.39, 0.29) is 17.6 Å². The van der Waals surface area contributed by atoms with Crippen molar-refractivity contribution < 1.29 is 19.1 Å². The Hall–Kier alpha value is -2.63. The maximum absolute atomic E-state index is 13.1. The lowest BCUT2D eigenvalue weighted by atomic mass is 9.76. The number of para-hydroxylation sites is 2. The van der Waals surface area contributed by atoms with Crippen LogP contribution in [0.25, 0.3) is 0 Å². The van der Waals surface area contributed by atoms with Crippen LogP contribution in [0.3, 0.4) is 0 Å². The Morgan fingerprint density at radius 1 is 1.06 bits per heavy atom. The molecule has 3 aromatic rings. The molecule has 0 atom stereocenters. The molecular formula is C26H25ClO4S. The van der Waals surface area contributed by atoms with Gasteiger partial charge in [-0.15, -0.1) is 11.3 Å². The molecule has 0 spiro atoms. The summed E-state index contributed by atoms with van der Waals surface area (Å²) in [5.74, 6) is 0.729. The maximum Gasteiger partial charge on any atom is 0.315 e. The van der Waals surface area contributed by atoms with Crippen LogP contribution in [-0.4, -0.2) is 11.8 Å². The van der Waals surface area contributed by atoms with Gasteiger partial charge >= 0.3 is 5.97 Å². The quantitative estimate of drug-likeness (QED) is 0.302. The van der Waals surface area contributed by atoms with Crippen LogP contribution in [-0.2, 0) is 24.2 Å². The van der Waals surface area contributed by atoms with Crippen LogP contribution in [0.15, 0.2) is 48.5 Å². The minimum Gasteiger partial charge on any atom is -0.488 e. The number of hydrogen-bond acceptors (Lipinski definition) is 5. The van der Waals surface area contributed by atoms with E-state index in [9.17, 15) is 9.59 Å². The van der Waals surface area contributed by atoms with Gasteiger partial charge in [0.15, 0.2) is 5.78 Å². The molecule has 32 heavy (non-hydrogen) atoms. The molecule has 1 heterocycles. The van der Waals surface area contributed by atoms with Crippen molar-refractivity contribution in [2.45, 2.75) is 46.6 Å². The fourth-order valence-electron chi connectivity index (χ4n) is 4.03. The number of aryl methyl sites for hydroxylation is 1.